The average Bonchev–Trinajstić information content (AvgIpc) is 2.97. The topological polar surface area (TPSA) is 85.1 Å². The lowest BCUT2D eigenvalue weighted by atomic mass is 10.1. The van der Waals surface area contributed by atoms with Gasteiger partial charge in [-0.15, -0.1) is 0 Å². The Bertz CT molecular complexity index is 678. The molecule has 0 saturated heterocycles. The van der Waals surface area contributed by atoms with Crippen LogP contribution in [-0.2, 0) is 22.9 Å². The molecule has 0 fully saturated rings. The van der Waals surface area contributed by atoms with Crippen LogP contribution >= 0.6 is 0 Å². The van der Waals surface area contributed by atoms with Crippen molar-refractivity contribution in [3.63, 3.8) is 0 Å². The minimum absolute atomic E-state index is 0.100. The molecule has 0 aliphatic rings. The van der Waals surface area contributed by atoms with E-state index in [1.54, 1.807) is 6.92 Å². The molecule has 0 saturated carbocycles. The van der Waals surface area contributed by atoms with Crippen LogP contribution in [0, 0.1) is 0 Å². The van der Waals surface area contributed by atoms with Crippen LogP contribution in [0.3, 0.4) is 0 Å². The number of hydrogen-bond acceptors (Lipinski definition) is 5. The van der Waals surface area contributed by atoms with Gasteiger partial charge in [-0.3, -0.25) is 0 Å². The molecule has 1 N–H and O–H groups in total. The summed E-state index contributed by atoms with van der Waals surface area (Å²) in [5.74, 6) is 1.29. The van der Waals surface area contributed by atoms with Crippen molar-refractivity contribution in [1.29, 1.82) is 0 Å². The van der Waals surface area contributed by atoms with E-state index in [-0.39, 0.29) is 5.75 Å². The summed E-state index contributed by atoms with van der Waals surface area (Å²) in [5, 5.41) is 3.86. The summed E-state index contributed by atoms with van der Waals surface area (Å²) < 4.78 is 30.4. The Morgan fingerprint density at radius 3 is 2.48 bits per heavy atom. The summed E-state index contributed by atoms with van der Waals surface area (Å²) in [5.41, 5.74) is 1.91. The van der Waals surface area contributed by atoms with Gasteiger partial charge in [-0.25, -0.2) is 13.1 Å². The van der Waals surface area contributed by atoms with Crippen LogP contribution in [0.2, 0.25) is 0 Å². The lowest BCUT2D eigenvalue weighted by Crippen LogP contribution is -2.27. The van der Waals surface area contributed by atoms with E-state index in [0.717, 1.165) is 17.5 Å². The first-order chi connectivity index (χ1) is 10.0. The minimum atomic E-state index is -3.12. The quantitative estimate of drug-likeness (QED) is 0.842. The number of rotatable bonds is 7. The van der Waals surface area contributed by atoms with Crippen molar-refractivity contribution >= 4 is 10.0 Å². The average molecular weight is 309 g/mol. The second-order valence-corrected chi connectivity index (χ2v) is 6.71. The van der Waals surface area contributed by atoms with E-state index in [1.165, 1.54) is 0 Å². The van der Waals surface area contributed by atoms with E-state index in [2.05, 4.69) is 14.9 Å². The zero-order valence-corrected chi connectivity index (χ0v) is 13.0. The standard InChI is InChI=1S/C14H19N3O3S/c1-3-13-16-14(20-17-13)12-7-5-11(6-8-12)9-10-15-21(18,19)4-2/h5-8,15H,3-4,9-10H2,1-2H3. The van der Waals surface area contributed by atoms with Crippen LogP contribution in [0.4, 0.5) is 0 Å². The minimum Gasteiger partial charge on any atom is -0.334 e. The van der Waals surface area contributed by atoms with Crippen LogP contribution in [0.1, 0.15) is 25.2 Å². The van der Waals surface area contributed by atoms with Gasteiger partial charge in [0.2, 0.25) is 10.0 Å². The molecule has 2 aromatic rings. The summed E-state index contributed by atoms with van der Waals surface area (Å²) in [6.07, 6.45) is 1.38. The van der Waals surface area contributed by atoms with E-state index >= 15 is 0 Å². The Balaban J connectivity index is 1.96. The summed E-state index contributed by atoms with van der Waals surface area (Å²) in [7, 11) is -3.12. The maximum absolute atomic E-state index is 11.3. The monoisotopic (exact) mass is 309 g/mol. The molecule has 6 nitrogen and oxygen atoms in total. The van der Waals surface area contributed by atoms with Crippen molar-refractivity contribution in [3.05, 3.63) is 35.7 Å². The van der Waals surface area contributed by atoms with Crippen molar-refractivity contribution < 1.29 is 12.9 Å². The number of nitrogens with zero attached hydrogens (tertiary/aromatic N) is 2. The van der Waals surface area contributed by atoms with Gasteiger partial charge in [0.25, 0.3) is 5.89 Å². The Kier molecular flexibility index (Phi) is 5.08. The fourth-order valence-electron chi connectivity index (χ4n) is 1.78. The predicted molar refractivity (Wildman–Crippen MR) is 80.3 cm³/mol. The molecule has 0 atom stereocenters. The number of aryl methyl sites for hydroxylation is 1. The molecule has 0 spiro atoms. The van der Waals surface area contributed by atoms with Gasteiger partial charge in [0.1, 0.15) is 0 Å². The molecule has 0 aliphatic heterocycles. The van der Waals surface area contributed by atoms with Crippen LogP contribution < -0.4 is 4.72 Å². The second-order valence-electron chi connectivity index (χ2n) is 4.61. The van der Waals surface area contributed by atoms with Crippen LogP contribution in [0.25, 0.3) is 11.5 Å². The first kappa shape index (κ1) is 15.7. The van der Waals surface area contributed by atoms with Crippen molar-refractivity contribution in [2.75, 3.05) is 12.3 Å². The van der Waals surface area contributed by atoms with Crippen molar-refractivity contribution in [2.45, 2.75) is 26.7 Å². The van der Waals surface area contributed by atoms with E-state index in [4.69, 9.17) is 4.52 Å². The predicted octanol–water partition coefficient (Wildman–Crippen LogP) is 1.78. The third-order valence-corrected chi connectivity index (χ3v) is 4.50. The Labute approximate surface area is 124 Å². The molecule has 1 aromatic heterocycles. The molecule has 0 bridgehead atoms. The second kappa shape index (κ2) is 6.82. The molecule has 0 amide bonds. The van der Waals surface area contributed by atoms with Crippen molar-refractivity contribution in [2.24, 2.45) is 0 Å². The van der Waals surface area contributed by atoms with Gasteiger partial charge in [-0.05, 0) is 31.0 Å². The van der Waals surface area contributed by atoms with Gasteiger partial charge in [0, 0.05) is 18.5 Å². The van der Waals surface area contributed by atoms with Crippen molar-refractivity contribution in [3.8, 4) is 11.5 Å². The summed E-state index contributed by atoms with van der Waals surface area (Å²) in [6.45, 7) is 3.98. The van der Waals surface area contributed by atoms with E-state index in [0.29, 0.717) is 24.7 Å². The number of hydrogen-bond donors (Lipinski definition) is 1. The third-order valence-electron chi connectivity index (χ3n) is 3.10. The molecule has 1 aromatic carbocycles. The molecule has 1 heterocycles. The smallest absolute Gasteiger partial charge is 0.257 e. The van der Waals surface area contributed by atoms with Gasteiger partial charge in [-0.2, -0.15) is 4.98 Å². The highest BCUT2D eigenvalue weighted by Gasteiger charge is 2.08. The molecular weight excluding hydrogens is 290 g/mol. The Morgan fingerprint density at radius 2 is 1.90 bits per heavy atom. The maximum Gasteiger partial charge on any atom is 0.257 e. The van der Waals surface area contributed by atoms with Gasteiger partial charge in [0.05, 0.1) is 5.75 Å². The summed E-state index contributed by atoms with van der Waals surface area (Å²) in [6, 6.07) is 7.67. The normalized spacial score (nSPS) is 11.7. The molecule has 114 valence electrons. The van der Waals surface area contributed by atoms with Crippen LogP contribution in [0.5, 0.6) is 0 Å². The maximum atomic E-state index is 11.3. The van der Waals surface area contributed by atoms with Gasteiger partial charge < -0.3 is 4.52 Å². The zero-order chi connectivity index (χ0) is 15.3. The highest BCUT2D eigenvalue weighted by atomic mass is 32.2. The molecule has 2 rings (SSSR count). The fourth-order valence-corrected chi connectivity index (χ4v) is 2.40. The summed E-state index contributed by atoms with van der Waals surface area (Å²) in [4.78, 5) is 4.26. The van der Waals surface area contributed by atoms with E-state index in [1.807, 2.05) is 31.2 Å². The van der Waals surface area contributed by atoms with Gasteiger partial charge in [-0.1, -0.05) is 24.2 Å². The molecule has 0 unspecified atom stereocenters. The van der Waals surface area contributed by atoms with Gasteiger partial charge in [0.15, 0.2) is 5.82 Å². The van der Waals surface area contributed by atoms with Crippen molar-refractivity contribution in [1.82, 2.24) is 14.9 Å². The number of sulfonamides is 1. The first-order valence-corrected chi connectivity index (χ1v) is 8.58. The third kappa shape index (κ3) is 4.37. The SMILES string of the molecule is CCc1noc(-c2ccc(CCNS(=O)(=O)CC)cc2)n1. The Morgan fingerprint density at radius 1 is 1.19 bits per heavy atom. The fraction of sp³-hybridized carbons (Fsp3) is 0.429. The largest absolute Gasteiger partial charge is 0.334 e. The van der Waals surface area contributed by atoms with Gasteiger partial charge >= 0.3 is 0 Å². The lowest BCUT2D eigenvalue weighted by Gasteiger charge is -2.04. The highest BCUT2D eigenvalue weighted by Crippen LogP contribution is 2.18. The zero-order valence-electron chi connectivity index (χ0n) is 12.2. The number of benzene rings is 1. The van der Waals surface area contributed by atoms with E-state index < -0.39 is 10.0 Å². The molecule has 0 radical (unpaired) electrons. The van der Waals surface area contributed by atoms with E-state index in [9.17, 15) is 8.42 Å². The Hall–Kier alpha value is -1.73. The highest BCUT2D eigenvalue weighted by molar-refractivity contribution is 7.89. The molecular formula is C14H19N3O3S. The molecule has 0 aliphatic carbocycles. The molecule has 21 heavy (non-hydrogen) atoms. The molecule has 7 heteroatoms. The number of aromatic nitrogens is 2. The number of nitrogens with one attached hydrogen (secondary N) is 1. The lowest BCUT2D eigenvalue weighted by molar-refractivity contribution is 0.423. The van der Waals surface area contributed by atoms with Crippen LogP contribution in [-0.4, -0.2) is 30.9 Å². The summed E-state index contributed by atoms with van der Waals surface area (Å²) >= 11 is 0. The first-order valence-electron chi connectivity index (χ1n) is 6.93. The van der Waals surface area contributed by atoms with Crippen LogP contribution in [0.15, 0.2) is 28.8 Å².